The molecule has 0 bridgehead atoms. The molecule has 0 aromatic carbocycles. The summed E-state index contributed by atoms with van der Waals surface area (Å²) in [5.74, 6) is 1.88. The van der Waals surface area contributed by atoms with Gasteiger partial charge in [-0.1, -0.05) is 19.8 Å². The summed E-state index contributed by atoms with van der Waals surface area (Å²) in [6, 6.07) is 0.00463. The van der Waals surface area contributed by atoms with Crippen molar-refractivity contribution >= 4 is 11.8 Å². The highest BCUT2D eigenvalue weighted by Crippen LogP contribution is 2.42. The van der Waals surface area contributed by atoms with Gasteiger partial charge in [0.2, 0.25) is 0 Å². The van der Waals surface area contributed by atoms with Crippen LogP contribution in [0.25, 0.3) is 0 Å². The topological polar surface area (TPSA) is 46.2 Å². The highest BCUT2D eigenvalue weighted by molar-refractivity contribution is 8.00. The van der Waals surface area contributed by atoms with Gasteiger partial charge in [0.25, 0.3) is 0 Å². The number of thioether (sulfide) groups is 1. The SMILES string of the molecule is CC1SCCC1(O)C(N)CC1CC1. The normalized spacial score (nSPS) is 42.2. The summed E-state index contributed by atoms with van der Waals surface area (Å²) in [5, 5.41) is 10.7. The van der Waals surface area contributed by atoms with Crippen LogP contribution in [0.1, 0.15) is 32.6 Å². The second kappa shape index (κ2) is 3.44. The van der Waals surface area contributed by atoms with E-state index >= 15 is 0 Å². The molecule has 3 atom stereocenters. The van der Waals surface area contributed by atoms with Crippen LogP contribution in [-0.4, -0.2) is 27.8 Å². The lowest BCUT2D eigenvalue weighted by molar-refractivity contribution is 0.0153. The third-order valence-corrected chi connectivity index (χ3v) is 4.85. The Labute approximate surface area is 84.3 Å². The maximum absolute atomic E-state index is 10.4. The van der Waals surface area contributed by atoms with Gasteiger partial charge in [0.05, 0.1) is 5.60 Å². The van der Waals surface area contributed by atoms with Crippen molar-refractivity contribution < 1.29 is 5.11 Å². The van der Waals surface area contributed by atoms with E-state index in [0.717, 1.165) is 24.5 Å². The number of rotatable bonds is 3. The van der Waals surface area contributed by atoms with Crippen LogP contribution >= 0.6 is 11.8 Å². The molecule has 3 heteroatoms. The zero-order chi connectivity index (χ0) is 9.47. The maximum atomic E-state index is 10.4. The predicted molar refractivity (Wildman–Crippen MR) is 56.8 cm³/mol. The summed E-state index contributed by atoms with van der Waals surface area (Å²) in [5.41, 5.74) is 5.51. The van der Waals surface area contributed by atoms with Crippen LogP contribution in [0.5, 0.6) is 0 Å². The molecule has 1 aliphatic heterocycles. The first kappa shape index (κ1) is 9.81. The van der Waals surface area contributed by atoms with Crippen molar-refractivity contribution in [3.05, 3.63) is 0 Å². The predicted octanol–water partition coefficient (Wildman–Crippen LogP) is 1.37. The van der Waals surface area contributed by atoms with Crippen LogP contribution in [0.15, 0.2) is 0 Å². The highest BCUT2D eigenvalue weighted by atomic mass is 32.2. The summed E-state index contributed by atoms with van der Waals surface area (Å²) in [6.45, 7) is 2.10. The maximum Gasteiger partial charge on any atom is 0.0920 e. The zero-order valence-corrected chi connectivity index (χ0v) is 9.02. The van der Waals surface area contributed by atoms with Crippen LogP contribution in [0.4, 0.5) is 0 Å². The number of nitrogens with two attached hydrogens (primary N) is 1. The van der Waals surface area contributed by atoms with E-state index in [9.17, 15) is 5.11 Å². The number of aliphatic hydroxyl groups is 1. The minimum atomic E-state index is -0.576. The fraction of sp³-hybridized carbons (Fsp3) is 1.00. The summed E-state index contributed by atoms with van der Waals surface area (Å²) < 4.78 is 0. The first-order chi connectivity index (χ1) is 6.13. The molecule has 2 rings (SSSR count). The first-order valence-electron chi connectivity index (χ1n) is 5.22. The smallest absolute Gasteiger partial charge is 0.0920 e. The van der Waals surface area contributed by atoms with E-state index in [1.54, 1.807) is 0 Å². The van der Waals surface area contributed by atoms with E-state index < -0.39 is 5.60 Å². The molecule has 1 saturated heterocycles. The molecular formula is C10H19NOS. The lowest BCUT2D eigenvalue weighted by atomic mass is 9.86. The Morgan fingerprint density at radius 2 is 2.31 bits per heavy atom. The first-order valence-corrected chi connectivity index (χ1v) is 6.27. The zero-order valence-electron chi connectivity index (χ0n) is 8.20. The van der Waals surface area contributed by atoms with E-state index in [-0.39, 0.29) is 6.04 Å². The van der Waals surface area contributed by atoms with Crippen LogP contribution in [-0.2, 0) is 0 Å². The molecule has 0 aromatic heterocycles. The van der Waals surface area contributed by atoms with Crippen molar-refractivity contribution in [1.29, 1.82) is 0 Å². The molecule has 3 N–H and O–H groups in total. The van der Waals surface area contributed by atoms with Gasteiger partial charge in [0, 0.05) is 11.3 Å². The van der Waals surface area contributed by atoms with Gasteiger partial charge in [-0.25, -0.2) is 0 Å². The number of hydrogen-bond donors (Lipinski definition) is 2. The quantitative estimate of drug-likeness (QED) is 0.725. The Hall–Kier alpha value is 0.270. The lowest BCUT2D eigenvalue weighted by Gasteiger charge is -2.33. The standard InChI is InChI=1S/C10H19NOS/c1-7-10(12,4-5-13-7)9(11)6-8-2-3-8/h7-9,12H,2-6,11H2,1H3. The molecule has 0 spiro atoms. The second-order valence-electron chi connectivity index (χ2n) is 4.54. The van der Waals surface area contributed by atoms with E-state index in [0.29, 0.717) is 5.25 Å². The van der Waals surface area contributed by atoms with Crippen LogP contribution in [0.3, 0.4) is 0 Å². The van der Waals surface area contributed by atoms with Crippen molar-refractivity contribution in [1.82, 2.24) is 0 Å². The van der Waals surface area contributed by atoms with E-state index in [1.807, 2.05) is 11.8 Å². The molecule has 3 unspecified atom stereocenters. The molecule has 2 nitrogen and oxygen atoms in total. The Balaban J connectivity index is 1.95. The minimum Gasteiger partial charge on any atom is -0.387 e. The van der Waals surface area contributed by atoms with E-state index in [2.05, 4.69) is 6.92 Å². The largest absolute Gasteiger partial charge is 0.387 e. The van der Waals surface area contributed by atoms with Gasteiger partial charge in [-0.2, -0.15) is 11.8 Å². The van der Waals surface area contributed by atoms with Crippen molar-refractivity contribution in [2.75, 3.05) is 5.75 Å². The molecule has 0 radical (unpaired) electrons. The van der Waals surface area contributed by atoms with Gasteiger partial charge in [0.1, 0.15) is 0 Å². The van der Waals surface area contributed by atoms with Gasteiger partial charge < -0.3 is 10.8 Å². The number of hydrogen-bond acceptors (Lipinski definition) is 3. The molecule has 1 heterocycles. The van der Waals surface area contributed by atoms with Crippen molar-refractivity contribution in [3.63, 3.8) is 0 Å². The van der Waals surface area contributed by atoms with Crippen molar-refractivity contribution in [2.24, 2.45) is 11.7 Å². The van der Waals surface area contributed by atoms with Crippen LogP contribution in [0, 0.1) is 5.92 Å². The van der Waals surface area contributed by atoms with Gasteiger partial charge in [-0.05, 0) is 24.5 Å². The highest BCUT2D eigenvalue weighted by Gasteiger charge is 2.45. The molecule has 0 aromatic rings. The lowest BCUT2D eigenvalue weighted by Crippen LogP contribution is -2.52. The van der Waals surface area contributed by atoms with Crippen molar-refractivity contribution in [3.8, 4) is 0 Å². The molecule has 76 valence electrons. The summed E-state index contributed by atoms with van der Waals surface area (Å²) in [4.78, 5) is 0. The Morgan fingerprint density at radius 3 is 2.77 bits per heavy atom. The Kier molecular flexibility index (Phi) is 2.60. The molecule has 1 aliphatic carbocycles. The Morgan fingerprint density at radius 1 is 1.62 bits per heavy atom. The molecule has 2 fully saturated rings. The third kappa shape index (κ3) is 1.88. The van der Waals surface area contributed by atoms with E-state index in [1.165, 1.54) is 12.8 Å². The van der Waals surface area contributed by atoms with Crippen LogP contribution < -0.4 is 5.73 Å². The minimum absolute atomic E-state index is 0.00463. The average Bonchev–Trinajstić information content (AvgIpc) is 2.81. The summed E-state index contributed by atoms with van der Waals surface area (Å²) >= 11 is 1.85. The summed E-state index contributed by atoms with van der Waals surface area (Å²) in [7, 11) is 0. The molecule has 1 saturated carbocycles. The fourth-order valence-electron chi connectivity index (χ4n) is 2.15. The monoisotopic (exact) mass is 201 g/mol. The Bertz CT molecular complexity index is 195. The third-order valence-electron chi connectivity index (χ3n) is 3.50. The average molecular weight is 201 g/mol. The molecule has 13 heavy (non-hydrogen) atoms. The molecule has 2 aliphatic rings. The molecule has 0 amide bonds. The van der Waals surface area contributed by atoms with Crippen molar-refractivity contribution in [2.45, 2.75) is 49.5 Å². The van der Waals surface area contributed by atoms with Crippen LogP contribution in [0.2, 0.25) is 0 Å². The van der Waals surface area contributed by atoms with Gasteiger partial charge in [-0.3, -0.25) is 0 Å². The van der Waals surface area contributed by atoms with E-state index in [4.69, 9.17) is 5.73 Å². The van der Waals surface area contributed by atoms with Gasteiger partial charge >= 0.3 is 0 Å². The van der Waals surface area contributed by atoms with Gasteiger partial charge in [0.15, 0.2) is 0 Å². The summed E-state index contributed by atoms with van der Waals surface area (Å²) in [6.07, 6.45) is 4.56. The second-order valence-corrected chi connectivity index (χ2v) is 5.99. The fourth-order valence-corrected chi connectivity index (χ4v) is 3.53. The molecular weight excluding hydrogens is 182 g/mol. The van der Waals surface area contributed by atoms with Gasteiger partial charge in [-0.15, -0.1) is 0 Å².